The topological polar surface area (TPSA) is 114 Å². The number of nitrogens with one attached hydrogen (secondary N) is 2. The predicted molar refractivity (Wildman–Crippen MR) is 129 cm³/mol. The first-order valence-electron chi connectivity index (χ1n) is 10.9. The minimum atomic E-state index is -1.40. The molecule has 1 aliphatic carbocycles. The van der Waals surface area contributed by atoms with Crippen LogP contribution in [0.1, 0.15) is 22.6 Å². The average Bonchev–Trinajstić information content (AvgIpc) is 3.18. The predicted octanol–water partition coefficient (Wildman–Crippen LogP) is 4.56. The number of fused-ring (bicyclic) bond motifs is 3. The molecular formula is C26H23ClN2O6. The maximum absolute atomic E-state index is 12.4. The van der Waals surface area contributed by atoms with Crippen molar-refractivity contribution in [3.8, 4) is 11.1 Å². The van der Waals surface area contributed by atoms with Gasteiger partial charge < -0.3 is 25.2 Å². The second-order valence-corrected chi connectivity index (χ2v) is 8.32. The molecule has 0 aromatic heterocycles. The fourth-order valence-electron chi connectivity index (χ4n) is 3.98. The number of amides is 2. The summed E-state index contributed by atoms with van der Waals surface area (Å²) in [6.45, 7) is -0.427. The summed E-state index contributed by atoms with van der Waals surface area (Å²) in [4.78, 5) is 35.9. The molecule has 0 saturated carbocycles. The highest BCUT2D eigenvalue weighted by Crippen LogP contribution is 2.44. The summed E-state index contributed by atoms with van der Waals surface area (Å²) in [7, 11) is 0. The minimum Gasteiger partial charge on any atom is -0.480 e. The first-order chi connectivity index (χ1) is 16.9. The van der Waals surface area contributed by atoms with Gasteiger partial charge in [-0.2, -0.15) is 0 Å². The molecule has 0 aliphatic heterocycles. The zero-order valence-corrected chi connectivity index (χ0v) is 19.3. The summed E-state index contributed by atoms with van der Waals surface area (Å²) in [6, 6.07) is 21.2. The Hall–Kier alpha value is -4.04. The van der Waals surface area contributed by atoms with Gasteiger partial charge in [0.15, 0.2) is 0 Å². The Morgan fingerprint density at radius 2 is 1.46 bits per heavy atom. The molecule has 1 unspecified atom stereocenters. The van der Waals surface area contributed by atoms with E-state index in [1.54, 1.807) is 24.3 Å². The minimum absolute atomic E-state index is 0.0412. The van der Waals surface area contributed by atoms with Crippen molar-refractivity contribution < 1.29 is 29.0 Å². The molecule has 180 valence electrons. The Morgan fingerprint density at radius 3 is 2.09 bits per heavy atom. The van der Waals surface area contributed by atoms with Gasteiger partial charge in [-0.1, -0.05) is 78.3 Å². The van der Waals surface area contributed by atoms with E-state index in [4.69, 9.17) is 21.1 Å². The van der Waals surface area contributed by atoms with Crippen LogP contribution in [0.4, 0.5) is 9.59 Å². The lowest BCUT2D eigenvalue weighted by Gasteiger charge is -2.18. The van der Waals surface area contributed by atoms with Gasteiger partial charge in [0.1, 0.15) is 19.3 Å². The first-order valence-corrected chi connectivity index (χ1v) is 11.3. The van der Waals surface area contributed by atoms with Gasteiger partial charge in [0, 0.05) is 16.5 Å². The molecule has 2 amide bonds. The van der Waals surface area contributed by atoms with E-state index in [9.17, 15) is 19.5 Å². The Balaban J connectivity index is 1.29. The third-order valence-electron chi connectivity index (χ3n) is 5.70. The number of carbonyl (C=O) groups is 3. The van der Waals surface area contributed by atoms with E-state index in [0.29, 0.717) is 10.6 Å². The van der Waals surface area contributed by atoms with Gasteiger partial charge >= 0.3 is 18.2 Å². The van der Waals surface area contributed by atoms with Crippen molar-refractivity contribution in [3.05, 3.63) is 94.5 Å². The number of carboxylic acids is 1. The fraction of sp³-hybridized carbons (Fsp3) is 0.192. The van der Waals surface area contributed by atoms with Crippen molar-refractivity contribution in [2.45, 2.75) is 18.6 Å². The molecule has 1 atom stereocenters. The van der Waals surface area contributed by atoms with Crippen molar-refractivity contribution >= 4 is 29.8 Å². The molecule has 0 saturated heterocycles. The molecule has 0 spiro atoms. The number of carbonyl (C=O) groups excluding carboxylic acids is 2. The van der Waals surface area contributed by atoms with Crippen LogP contribution in [0.2, 0.25) is 5.02 Å². The van der Waals surface area contributed by atoms with Crippen molar-refractivity contribution in [2.24, 2.45) is 0 Å². The molecule has 1 aliphatic rings. The van der Waals surface area contributed by atoms with Crippen LogP contribution in [-0.2, 0) is 20.9 Å². The van der Waals surface area contributed by atoms with E-state index in [1.165, 1.54) is 0 Å². The molecule has 0 bridgehead atoms. The third kappa shape index (κ3) is 5.73. The molecule has 9 heteroatoms. The number of carboxylic acid groups (broad SMARTS) is 1. The molecule has 0 heterocycles. The molecule has 3 aromatic carbocycles. The highest BCUT2D eigenvalue weighted by molar-refractivity contribution is 6.31. The summed E-state index contributed by atoms with van der Waals surface area (Å²) in [5.41, 5.74) is 4.86. The number of alkyl carbamates (subject to hydrolysis) is 2. The van der Waals surface area contributed by atoms with Crippen LogP contribution in [0.25, 0.3) is 11.1 Å². The maximum Gasteiger partial charge on any atom is 0.407 e. The zero-order chi connectivity index (χ0) is 24.8. The highest BCUT2D eigenvalue weighted by Gasteiger charge is 2.29. The second-order valence-electron chi connectivity index (χ2n) is 7.91. The van der Waals surface area contributed by atoms with Crippen molar-refractivity contribution in [2.75, 3.05) is 13.2 Å². The van der Waals surface area contributed by atoms with E-state index in [-0.39, 0.29) is 25.7 Å². The number of ether oxygens (including phenoxy) is 2. The molecule has 3 aromatic rings. The van der Waals surface area contributed by atoms with Crippen molar-refractivity contribution in [1.29, 1.82) is 0 Å². The van der Waals surface area contributed by atoms with Gasteiger partial charge in [0.25, 0.3) is 0 Å². The molecule has 0 radical (unpaired) electrons. The number of rotatable bonds is 8. The summed E-state index contributed by atoms with van der Waals surface area (Å²) in [5.74, 6) is -1.49. The van der Waals surface area contributed by atoms with E-state index in [2.05, 4.69) is 10.6 Å². The fourth-order valence-corrected chi connectivity index (χ4v) is 4.17. The molecular weight excluding hydrogens is 472 g/mol. The van der Waals surface area contributed by atoms with Crippen LogP contribution in [-0.4, -0.2) is 42.5 Å². The summed E-state index contributed by atoms with van der Waals surface area (Å²) < 4.78 is 10.4. The average molecular weight is 495 g/mol. The van der Waals surface area contributed by atoms with E-state index < -0.39 is 24.2 Å². The number of aliphatic carboxylic acids is 1. The molecule has 4 rings (SSSR count). The lowest BCUT2D eigenvalue weighted by molar-refractivity contribution is -0.139. The van der Waals surface area contributed by atoms with E-state index in [0.717, 1.165) is 22.3 Å². The molecule has 3 N–H and O–H groups in total. The van der Waals surface area contributed by atoms with Gasteiger partial charge in [-0.25, -0.2) is 14.4 Å². The van der Waals surface area contributed by atoms with E-state index in [1.807, 2.05) is 48.5 Å². The Morgan fingerprint density at radius 1 is 0.857 bits per heavy atom. The Bertz CT molecular complexity index is 1200. The quantitative estimate of drug-likeness (QED) is 0.423. The SMILES string of the molecule is O=C(NCC(NC(=O)OCC1c2ccccc2-c2ccccc21)C(=O)O)OCc1ccccc1Cl. The van der Waals surface area contributed by atoms with Gasteiger partial charge in [0.2, 0.25) is 0 Å². The summed E-state index contributed by atoms with van der Waals surface area (Å²) in [6.07, 6.45) is -1.74. The summed E-state index contributed by atoms with van der Waals surface area (Å²) >= 11 is 6.02. The lowest BCUT2D eigenvalue weighted by atomic mass is 9.98. The van der Waals surface area contributed by atoms with E-state index >= 15 is 0 Å². The van der Waals surface area contributed by atoms with Gasteiger partial charge in [-0.05, 0) is 28.3 Å². The number of hydrogen-bond donors (Lipinski definition) is 3. The first kappa shape index (κ1) is 24.1. The number of hydrogen-bond acceptors (Lipinski definition) is 5. The van der Waals surface area contributed by atoms with Crippen LogP contribution < -0.4 is 10.6 Å². The van der Waals surface area contributed by atoms with Crippen LogP contribution >= 0.6 is 11.6 Å². The smallest absolute Gasteiger partial charge is 0.407 e. The third-order valence-corrected chi connectivity index (χ3v) is 6.07. The van der Waals surface area contributed by atoms with Gasteiger partial charge in [-0.3, -0.25) is 0 Å². The monoisotopic (exact) mass is 494 g/mol. The second kappa shape index (κ2) is 10.9. The Labute approximate surface area is 206 Å². The highest BCUT2D eigenvalue weighted by atomic mass is 35.5. The largest absolute Gasteiger partial charge is 0.480 e. The van der Waals surface area contributed by atoms with Crippen molar-refractivity contribution in [3.63, 3.8) is 0 Å². The lowest BCUT2D eigenvalue weighted by Crippen LogP contribution is -2.48. The van der Waals surface area contributed by atoms with Crippen molar-refractivity contribution in [1.82, 2.24) is 10.6 Å². The number of benzene rings is 3. The molecule has 0 fully saturated rings. The standard InChI is InChI=1S/C26H23ClN2O6/c27-22-12-6-1-7-16(22)14-34-25(32)28-13-23(24(30)31)29-26(33)35-15-21-19-10-4-2-8-17(19)18-9-3-5-11-20(18)21/h1-12,21,23H,13-15H2,(H,28,32)(H,29,33)(H,30,31). The van der Waals surface area contributed by atoms with Crippen LogP contribution in [0, 0.1) is 0 Å². The van der Waals surface area contributed by atoms with Gasteiger partial charge in [0.05, 0.1) is 6.54 Å². The van der Waals surface area contributed by atoms with Crippen LogP contribution in [0.3, 0.4) is 0 Å². The molecule has 35 heavy (non-hydrogen) atoms. The van der Waals surface area contributed by atoms with Crippen LogP contribution in [0.15, 0.2) is 72.8 Å². The van der Waals surface area contributed by atoms with Crippen LogP contribution in [0.5, 0.6) is 0 Å². The summed E-state index contributed by atoms with van der Waals surface area (Å²) in [5, 5.41) is 14.5. The Kier molecular flexibility index (Phi) is 7.52. The zero-order valence-electron chi connectivity index (χ0n) is 18.6. The maximum atomic E-state index is 12.4. The normalized spacial score (nSPS) is 12.7. The van der Waals surface area contributed by atoms with Gasteiger partial charge in [-0.15, -0.1) is 0 Å². The number of halogens is 1. The molecule has 8 nitrogen and oxygen atoms in total.